The van der Waals surface area contributed by atoms with Gasteiger partial charge >= 0.3 is 0 Å². The lowest BCUT2D eigenvalue weighted by Gasteiger charge is -2.37. The van der Waals surface area contributed by atoms with Crippen LogP contribution in [0.2, 0.25) is 0 Å². The molecule has 0 aromatic rings. The summed E-state index contributed by atoms with van der Waals surface area (Å²) < 4.78 is 38.1. The van der Waals surface area contributed by atoms with Crippen molar-refractivity contribution in [2.45, 2.75) is 236 Å². The van der Waals surface area contributed by atoms with Crippen LogP contribution in [0, 0.1) is 0 Å². The van der Waals surface area contributed by atoms with Crippen LogP contribution in [0.1, 0.15) is 176 Å². The number of sulfone groups is 1. The van der Waals surface area contributed by atoms with Crippen LogP contribution in [0.25, 0.3) is 0 Å². The van der Waals surface area contributed by atoms with Gasteiger partial charge in [0.1, 0.15) is 0 Å². The standard InChI is InChI=1S/C10H20N2.C8H18N2.C8H17N.C7H16N2.C7H15NO2S.C7H15NOS.C7H15NO.C7H15N.C6H13N/c1-9(2)11-5-7-12(8-6-11)10-3-4-10;1-8(2)10-6-4-9(3)5-7-10;1-8(2)9-6-4-3-5-7-9;1-7(2)9-5-3-8-4-6-9;1-7(2)8-3-5-11(9,10)6-4-8;1-7(2)8-3-5-10(9)6-4-8;1-7(2)8-3-5-9-6-4-8;1-7(2)8-5-3-4-6-8;1-6(2)7-4-3-5-7/h9-10H,3-8H2,1-2H3;8H,4-7H2,1-3H3;8H,3-7H2,1-2H3;7-8H,3-6H2,1-2H3;7H,3-6H2,1-2H3;7H,3-6H2,1-2H3;7H,3-6H2,1-2H3;7H,3-6H2,1-2H3;6H,3-5H2,1-2H3. The van der Waals surface area contributed by atoms with Crippen LogP contribution in [0.3, 0.4) is 0 Å². The van der Waals surface area contributed by atoms with Gasteiger partial charge < -0.3 is 29.7 Å². The van der Waals surface area contributed by atoms with Crippen molar-refractivity contribution in [2.75, 3.05) is 200 Å². The predicted molar refractivity (Wildman–Crippen MR) is 370 cm³/mol. The first kappa shape index (κ1) is 80.7. The second kappa shape index (κ2) is 45.8. The first-order chi connectivity index (χ1) is 40.2. The Hall–Kier alpha value is -0.420. The van der Waals surface area contributed by atoms with Crippen molar-refractivity contribution in [3.63, 3.8) is 0 Å². The van der Waals surface area contributed by atoms with Gasteiger partial charge in [-0.3, -0.25) is 38.5 Å². The van der Waals surface area contributed by atoms with Crippen LogP contribution in [-0.4, -0.2) is 327 Å². The Morgan fingerprint density at radius 3 is 0.953 bits per heavy atom. The molecule has 9 aliphatic heterocycles. The summed E-state index contributed by atoms with van der Waals surface area (Å²) >= 11 is 0. The molecule has 1 N–H and O–H groups in total. The molecular formula is C67H144N12O4S2. The van der Waals surface area contributed by atoms with Crippen LogP contribution in [0.15, 0.2) is 0 Å². The Morgan fingerprint density at radius 1 is 0.353 bits per heavy atom. The van der Waals surface area contributed by atoms with Crippen LogP contribution < -0.4 is 5.32 Å². The highest BCUT2D eigenvalue weighted by Crippen LogP contribution is 2.27. The highest BCUT2D eigenvalue weighted by atomic mass is 32.2. The van der Waals surface area contributed by atoms with E-state index < -0.39 is 20.6 Å². The van der Waals surface area contributed by atoms with E-state index in [9.17, 15) is 12.6 Å². The lowest BCUT2D eigenvalue weighted by Crippen LogP contribution is -2.49. The van der Waals surface area contributed by atoms with E-state index in [1.807, 2.05) is 0 Å². The summed E-state index contributed by atoms with van der Waals surface area (Å²) in [5.41, 5.74) is 0. The zero-order chi connectivity index (χ0) is 63.5. The van der Waals surface area contributed by atoms with Crippen LogP contribution >= 0.6 is 0 Å². The SMILES string of the molecule is CC(C)N1CCC1.CC(C)N1CCCC1.CC(C)N1CCCCC1.CC(C)N1CCN(C)CC1.CC(C)N1CCN(C2CC2)CC1.CC(C)N1CCNCC1.CC(C)N1CCOCC1.CC(C)N1CCS(=O)(=O)CC1.CC(C)N1CCS(=O)CC1. The lowest BCUT2D eigenvalue weighted by molar-refractivity contribution is 0.0238. The molecule has 0 aromatic carbocycles. The van der Waals surface area contributed by atoms with Gasteiger partial charge in [0.15, 0.2) is 9.84 Å². The average molecular weight is 1250 g/mol. The molecule has 10 fully saturated rings. The van der Waals surface area contributed by atoms with Gasteiger partial charge in [-0.1, -0.05) is 6.42 Å². The third-order valence-electron chi connectivity index (χ3n) is 18.7. The fraction of sp³-hybridized carbons (Fsp3) is 1.00. The Bertz CT molecular complexity index is 1630. The first-order valence-corrected chi connectivity index (χ1v) is 38.4. The summed E-state index contributed by atoms with van der Waals surface area (Å²) in [6.07, 6.45) is 11.4. The number of ether oxygens (including phenoxy) is 1. The topological polar surface area (TPSA) is 108 Å². The molecule has 0 amide bonds. The van der Waals surface area contributed by atoms with Gasteiger partial charge in [-0.25, -0.2) is 8.42 Å². The number of rotatable bonds is 10. The summed E-state index contributed by atoms with van der Waals surface area (Å²) in [4.78, 5) is 27.2. The molecule has 0 spiro atoms. The van der Waals surface area contributed by atoms with Crippen molar-refractivity contribution in [3.8, 4) is 0 Å². The zero-order valence-electron chi connectivity index (χ0n) is 59.5. The minimum absolute atomic E-state index is 0.338. The van der Waals surface area contributed by atoms with E-state index in [4.69, 9.17) is 4.74 Å². The molecule has 0 radical (unpaired) electrons. The number of nitrogens with zero attached hydrogens (tertiary/aromatic N) is 11. The molecule has 18 heteroatoms. The highest BCUT2D eigenvalue weighted by Gasteiger charge is 2.31. The molecule has 0 aromatic heterocycles. The van der Waals surface area contributed by atoms with Gasteiger partial charge in [0.05, 0.1) is 24.7 Å². The quantitative estimate of drug-likeness (QED) is 0.229. The maximum atomic E-state index is 11.0. The largest absolute Gasteiger partial charge is 0.379 e. The van der Waals surface area contributed by atoms with Gasteiger partial charge in [0, 0.05) is 201 Å². The number of likely N-dealkylation sites (tertiary alicyclic amines) is 3. The molecule has 508 valence electrons. The number of piperazine rings is 3. The van der Waals surface area contributed by atoms with Crippen molar-refractivity contribution < 1.29 is 17.4 Å². The Labute approximate surface area is 531 Å². The second-order valence-corrected chi connectivity index (χ2v) is 32.2. The first-order valence-electron chi connectivity index (χ1n) is 35.1. The number of piperidine rings is 1. The normalized spacial score (nSPS) is 24.3. The number of hydrogen-bond donors (Lipinski definition) is 1. The van der Waals surface area contributed by atoms with E-state index in [0.29, 0.717) is 42.7 Å². The van der Waals surface area contributed by atoms with Crippen LogP contribution in [-0.2, 0) is 25.4 Å². The van der Waals surface area contributed by atoms with Gasteiger partial charge in [-0.05, 0) is 216 Å². The fourth-order valence-corrected chi connectivity index (χ4v) is 14.0. The van der Waals surface area contributed by atoms with Crippen molar-refractivity contribution >= 4 is 20.6 Å². The number of likely N-dealkylation sites (N-methyl/N-ethyl adjacent to an activating group) is 1. The van der Waals surface area contributed by atoms with Crippen LogP contribution in [0.4, 0.5) is 0 Å². The molecule has 10 aliphatic rings. The molecule has 10 rings (SSSR count). The van der Waals surface area contributed by atoms with Crippen molar-refractivity contribution in [1.82, 2.24) is 59.2 Å². The van der Waals surface area contributed by atoms with E-state index in [-0.39, 0.29) is 0 Å². The summed E-state index contributed by atoms with van der Waals surface area (Å²) in [7, 11) is -1.02. The van der Waals surface area contributed by atoms with Crippen molar-refractivity contribution in [3.05, 3.63) is 0 Å². The van der Waals surface area contributed by atoms with Crippen molar-refractivity contribution in [2.24, 2.45) is 0 Å². The smallest absolute Gasteiger partial charge is 0.152 e. The Morgan fingerprint density at radius 2 is 0.647 bits per heavy atom. The zero-order valence-corrected chi connectivity index (χ0v) is 61.1. The minimum atomic E-state index is -2.69. The molecule has 85 heavy (non-hydrogen) atoms. The number of morpholine rings is 1. The molecule has 9 saturated heterocycles. The lowest BCUT2D eigenvalue weighted by atomic mass is 10.1. The van der Waals surface area contributed by atoms with E-state index in [1.165, 1.54) is 156 Å². The molecule has 16 nitrogen and oxygen atoms in total. The minimum Gasteiger partial charge on any atom is -0.379 e. The molecule has 0 unspecified atom stereocenters. The van der Waals surface area contributed by atoms with Gasteiger partial charge in [-0.2, -0.15) is 0 Å². The second-order valence-electron chi connectivity index (χ2n) is 28.2. The maximum Gasteiger partial charge on any atom is 0.152 e. The molecule has 9 heterocycles. The molecular weight excluding hydrogens is 1100 g/mol. The molecule has 0 bridgehead atoms. The van der Waals surface area contributed by atoms with Gasteiger partial charge in [0.2, 0.25) is 0 Å². The third kappa shape index (κ3) is 37.6. The molecule has 0 atom stereocenters. The highest BCUT2D eigenvalue weighted by molar-refractivity contribution is 7.91. The maximum absolute atomic E-state index is 11.0. The molecule has 1 saturated carbocycles. The van der Waals surface area contributed by atoms with Gasteiger partial charge in [-0.15, -0.1) is 0 Å². The number of nitrogens with one attached hydrogen (secondary N) is 1. The van der Waals surface area contributed by atoms with E-state index in [1.54, 1.807) is 0 Å². The number of hydrogen-bond acceptors (Lipinski definition) is 16. The fourth-order valence-electron chi connectivity index (χ4n) is 11.7. The Kier molecular flexibility index (Phi) is 43.4. The van der Waals surface area contributed by atoms with Crippen LogP contribution in [0.5, 0.6) is 0 Å². The van der Waals surface area contributed by atoms with Crippen molar-refractivity contribution in [1.29, 1.82) is 0 Å². The predicted octanol–water partition coefficient (Wildman–Crippen LogP) is 7.90. The summed E-state index contributed by atoms with van der Waals surface area (Å²) in [6.45, 7) is 70.7. The van der Waals surface area contributed by atoms with E-state index in [0.717, 1.165) is 106 Å². The molecule has 1 aliphatic carbocycles. The Balaban J connectivity index is 0.000000327. The summed E-state index contributed by atoms with van der Waals surface area (Å²) in [5.74, 6) is 2.42. The summed E-state index contributed by atoms with van der Waals surface area (Å²) in [6, 6.07) is 7.29. The monoisotopic (exact) mass is 1250 g/mol. The summed E-state index contributed by atoms with van der Waals surface area (Å²) in [5, 5.41) is 3.33. The average Bonchev–Trinajstić information content (AvgIpc) is 4.36. The van der Waals surface area contributed by atoms with E-state index in [2.05, 4.69) is 191 Å². The van der Waals surface area contributed by atoms with Gasteiger partial charge in [0.25, 0.3) is 0 Å². The third-order valence-corrected chi connectivity index (χ3v) is 21.6. The van der Waals surface area contributed by atoms with E-state index >= 15 is 0 Å².